The number of carbonyl (C=O) groups is 1. The molecular weight excluding hydrogens is 185 g/mol. The number of ketones is 1. The summed E-state index contributed by atoms with van der Waals surface area (Å²) < 4.78 is 19.4. The number of phosphoric acid groups is 1. The maximum Gasteiger partial charge on any atom is 0.472 e. The third-order valence-corrected chi connectivity index (χ3v) is 1.77. The van der Waals surface area contributed by atoms with Gasteiger partial charge in [-0.25, -0.2) is 4.57 Å². The molecule has 0 saturated heterocycles. The second-order valence-corrected chi connectivity index (χ2v) is 3.52. The molecule has 0 aliphatic rings. The van der Waals surface area contributed by atoms with Gasteiger partial charge in [-0.2, -0.15) is 0 Å². The van der Waals surface area contributed by atoms with Gasteiger partial charge >= 0.3 is 7.82 Å². The van der Waals surface area contributed by atoms with Crippen molar-refractivity contribution in [3.05, 3.63) is 0 Å². The van der Waals surface area contributed by atoms with Crippen LogP contribution in [0.4, 0.5) is 0 Å². The minimum absolute atomic E-state index is 0.0777. The van der Waals surface area contributed by atoms with Crippen LogP contribution in [0, 0.1) is 0 Å². The Balaban J connectivity index is 3.71. The highest BCUT2D eigenvalue weighted by Crippen LogP contribution is 2.42. The van der Waals surface area contributed by atoms with Crippen molar-refractivity contribution in [1.82, 2.24) is 0 Å². The summed E-state index contributed by atoms with van der Waals surface area (Å²) in [7, 11) is -4.06. The molecule has 1 unspecified atom stereocenters. The van der Waals surface area contributed by atoms with Crippen LogP contribution in [-0.2, 0) is 18.4 Å². The van der Waals surface area contributed by atoms with Gasteiger partial charge in [0.05, 0.1) is 6.61 Å². The lowest BCUT2D eigenvalue weighted by Gasteiger charge is -2.09. The third kappa shape index (κ3) is 6.45. The van der Waals surface area contributed by atoms with Gasteiger partial charge in [0.1, 0.15) is 6.61 Å². The van der Waals surface area contributed by atoms with Gasteiger partial charge in [-0.15, -0.1) is 0 Å². The van der Waals surface area contributed by atoms with Gasteiger partial charge < -0.3 is 10.6 Å². The Kier molecular flexibility index (Phi) is 5.28. The van der Waals surface area contributed by atoms with E-state index in [1.807, 2.05) is 0 Å². The van der Waals surface area contributed by atoms with Crippen molar-refractivity contribution in [2.45, 2.75) is 6.92 Å². The number of hydrogen-bond donors (Lipinski definition) is 2. The van der Waals surface area contributed by atoms with Crippen LogP contribution in [0.1, 0.15) is 6.92 Å². The number of phosphoric ester groups is 1. The van der Waals surface area contributed by atoms with E-state index >= 15 is 0 Å². The maximum atomic E-state index is 10.8. The molecule has 0 fully saturated rings. The smallest absolute Gasteiger partial charge is 0.328 e. The molecular formula is C5H12NO5P. The zero-order valence-electron chi connectivity index (χ0n) is 6.73. The van der Waals surface area contributed by atoms with Crippen LogP contribution < -0.4 is 5.73 Å². The normalized spacial score (nSPS) is 15.6. The highest BCUT2D eigenvalue weighted by molar-refractivity contribution is 7.47. The predicted octanol–water partition coefficient (Wildman–Crippen LogP) is -0.332. The summed E-state index contributed by atoms with van der Waals surface area (Å²) in [6.07, 6.45) is 0. The fourth-order valence-electron chi connectivity index (χ4n) is 0.378. The molecule has 0 bridgehead atoms. The molecule has 7 heteroatoms. The number of Topliss-reactive ketones (excluding diaryl/α,β-unsaturated/α-hetero) is 1. The van der Waals surface area contributed by atoms with Gasteiger partial charge in [-0.05, 0) is 6.92 Å². The lowest BCUT2D eigenvalue weighted by atomic mass is 10.5. The average Bonchev–Trinajstić information content (AvgIpc) is 1.98. The van der Waals surface area contributed by atoms with Crippen LogP contribution >= 0.6 is 7.82 Å². The molecule has 0 spiro atoms. The first-order valence-electron chi connectivity index (χ1n) is 3.29. The van der Waals surface area contributed by atoms with Crippen LogP contribution in [0.3, 0.4) is 0 Å². The quantitative estimate of drug-likeness (QED) is 0.565. The molecule has 1 atom stereocenters. The van der Waals surface area contributed by atoms with E-state index in [0.29, 0.717) is 0 Å². The first-order valence-corrected chi connectivity index (χ1v) is 4.79. The average molecular weight is 197 g/mol. The molecule has 0 aromatic heterocycles. The van der Waals surface area contributed by atoms with E-state index in [2.05, 4.69) is 9.05 Å². The molecule has 0 aromatic carbocycles. The van der Waals surface area contributed by atoms with E-state index in [1.165, 1.54) is 6.92 Å². The molecule has 0 heterocycles. The Morgan fingerprint density at radius 1 is 1.58 bits per heavy atom. The van der Waals surface area contributed by atoms with Gasteiger partial charge in [0.15, 0.2) is 5.78 Å². The van der Waals surface area contributed by atoms with Gasteiger partial charge in [-0.3, -0.25) is 13.8 Å². The van der Waals surface area contributed by atoms with E-state index in [4.69, 9.17) is 10.6 Å². The van der Waals surface area contributed by atoms with Gasteiger partial charge in [-0.1, -0.05) is 0 Å². The topological polar surface area (TPSA) is 98.9 Å². The summed E-state index contributed by atoms with van der Waals surface area (Å²) in [5.74, 6) is -0.347. The predicted molar refractivity (Wildman–Crippen MR) is 41.5 cm³/mol. The van der Waals surface area contributed by atoms with Crippen molar-refractivity contribution >= 4 is 13.6 Å². The van der Waals surface area contributed by atoms with Gasteiger partial charge in [0.2, 0.25) is 0 Å². The Morgan fingerprint density at radius 2 is 2.17 bits per heavy atom. The fraction of sp³-hybridized carbons (Fsp3) is 0.800. The zero-order valence-corrected chi connectivity index (χ0v) is 7.62. The Hall–Kier alpha value is -0.260. The molecule has 6 nitrogen and oxygen atoms in total. The minimum Gasteiger partial charge on any atom is -0.328 e. The van der Waals surface area contributed by atoms with Crippen molar-refractivity contribution in [2.24, 2.45) is 5.73 Å². The summed E-state index contributed by atoms with van der Waals surface area (Å²) in [6.45, 7) is 0.848. The zero-order chi connectivity index (χ0) is 9.61. The summed E-state index contributed by atoms with van der Waals surface area (Å²) in [5.41, 5.74) is 5.01. The van der Waals surface area contributed by atoms with E-state index in [1.54, 1.807) is 0 Å². The largest absolute Gasteiger partial charge is 0.472 e. The molecule has 12 heavy (non-hydrogen) atoms. The van der Waals surface area contributed by atoms with Gasteiger partial charge in [0.25, 0.3) is 0 Å². The summed E-state index contributed by atoms with van der Waals surface area (Å²) in [6, 6.07) is 0. The van der Waals surface area contributed by atoms with E-state index in [-0.39, 0.29) is 18.9 Å². The lowest BCUT2D eigenvalue weighted by molar-refractivity contribution is -0.119. The Morgan fingerprint density at radius 3 is 2.58 bits per heavy atom. The monoisotopic (exact) mass is 197 g/mol. The third-order valence-electron chi connectivity index (χ3n) is 0.803. The van der Waals surface area contributed by atoms with Crippen LogP contribution in [-0.4, -0.2) is 30.4 Å². The van der Waals surface area contributed by atoms with Crippen molar-refractivity contribution in [2.75, 3.05) is 19.8 Å². The van der Waals surface area contributed by atoms with E-state index < -0.39 is 14.4 Å². The second-order valence-electron chi connectivity index (χ2n) is 2.07. The summed E-state index contributed by atoms with van der Waals surface area (Å²) in [4.78, 5) is 19.1. The van der Waals surface area contributed by atoms with Crippen molar-refractivity contribution in [3.63, 3.8) is 0 Å². The Bertz CT molecular complexity index is 194. The Labute approximate surface area is 70.3 Å². The molecule has 0 aliphatic carbocycles. The SMILES string of the molecule is CC(=O)COP(=O)(O)OCCN. The maximum absolute atomic E-state index is 10.8. The fourth-order valence-corrected chi connectivity index (χ4v) is 1.13. The van der Waals surface area contributed by atoms with Crippen LogP contribution in [0.2, 0.25) is 0 Å². The standard InChI is InChI=1S/C5H12NO5P/c1-5(7)4-11-12(8,9)10-3-2-6/h2-4,6H2,1H3,(H,8,9). The number of carbonyl (C=O) groups excluding carboxylic acids is 1. The molecule has 0 amide bonds. The highest BCUT2D eigenvalue weighted by Gasteiger charge is 2.20. The van der Waals surface area contributed by atoms with E-state index in [9.17, 15) is 9.36 Å². The first-order chi connectivity index (χ1) is 5.48. The van der Waals surface area contributed by atoms with Crippen molar-refractivity contribution in [1.29, 1.82) is 0 Å². The number of hydrogen-bond acceptors (Lipinski definition) is 5. The van der Waals surface area contributed by atoms with Crippen LogP contribution in [0.15, 0.2) is 0 Å². The summed E-state index contributed by atoms with van der Waals surface area (Å²) >= 11 is 0. The highest BCUT2D eigenvalue weighted by atomic mass is 31.2. The van der Waals surface area contributed by atoms with Crippen LogP contribution in [0.25, 0.3) is 0 Å². The second kappa shape index (κ2) is 5.40. The molecule has 0 radical (unpaired) electrons. The number of rotatable bonds is 6. The lowest BCUT2D eigenvalue weighted by Crippen LogP contribution is -2.09. The van der Waals surface area contributed by atoms with Crippen LogP contribution in [0.5, 0.6) is 0 Å². The molecule has 72 valence electrons. The minimum atomic E-state index is -4.06. The molecule has 3 N–H and O–H groups in total. The number of nitrogens with two attached hydrogens (primary N) is 1. The molecule has 0 aromatic rings. The molecule has 0 rings (SSSR count). The van der Waals surface area contributed by atoms with E-state index in [0.717, 1.165) is 0 Å². The summed E-state index contributed by atoms with van der Waals surface area (Å²) in [5, 5.41) is 0. The molecule has 0 aliphatic heterocycles. The van der Waals surface area contributed by atoms with Gasteiger partial charge in [0, 0.05) is 6.54 Å². The van der Waals surface area contributed by atoms with Crippen molar-refractivity contribution in [3.8, 4) is 0 Å². The molecule has 0 saturated carbocycles. The van der Waals surface area contributed by atoms with Crippen molar-refractivity contribution < 1.29 is 23.3 Å². The first kappa shape index (κ1) is 11.7.